The Kier molecular flexibility index (Phi) is 4.12. The van der Waals surface area contributed by atoms with E-state index >= 15 is 0 Å². The normalized spacial score (nSPS) is 11.0. The van der Waals surface area contributed by atoms with E-state index in [-0.39, 0.29) is 12.0 Å². The number of anilines is 1. The number of ether oxygens (including phenoxy) is 1. The zero-order chi connectivity index (χ0) is 17.3. The molecule has 0 aliphatic heterocycles. The van der Waals surface area contributed by atoms with Gasteiger partial charge >= 0.3 is 5.76 Å². The molecule has 0 atom stereocenters. The van der Waals surface area contributed by atoms with E-state index in [1.807, 2.05) is 13.8 Å². The van der Waals surface area contributed by atoms with Gasteiger partial charge in [-0.05, 0) is 56.3 Å². The Morgan fingerprint density at radius 2 is 1.88 bits per heavy atom. The first-order chi connectivity index (χ1) is 11.4. The molecule has 1 N–H and O–H groups in total. The molecule has 0 unspecified atom stereocenters. The third kappa shape index (κ3) is 3.17. The fourth-order valence-electron chi connectivity index (χ4n) is 2.37. The molecule has 124 valence electrons. The molecular formula is C18H18N2O4. The SMILES string of the molecule is CC(C)Oc1ccc(NC(=O)c2ccc3c(c2)oc(=O)n3C)cc1. The highest BCUT2D eigenvalue weighted by atomic mass is 16.5. The van der Waals surface area contributed by atoms with Crippen molar-refractivity contribution in [1.29, 1.82) is 0 Å². The quantitative estimate of drug-likeness (QED) is 0.799. The Morgan fingerprint density at radius 1 is 1.17 bits per heavy atom. The summed E-state index contributed by atoms with van der Waals surface area (Å²) in [7, 11) is 1.62. The van der Waals surface area contributed by atoms with Crippen molar-refractivity contribution < 1.29 is 13.9 Å². The molecule has 0 radical (unpaired) electrons. The lowest BCUT2D eigenvalue weighted by molar-refractivity contribution is 0.102. The molecule has 0 aliphatic carbocycles. The average molecular weight is 326 g/mol. The van der Waals surface area contributed by atoms with E-state index in [2.05, 4.69) is 5.32 Å². The minimum atomic E-state index is -0.455. The molecule has 0 spiro atoms. The minimum absolute atomic E-state index is 0.0951. The van der Waals surface area contributed by atoms with Gasteiger partial charge < -0.3 is 14.5 Å². The van der Waals surface area contributed by atoms with Gasteiger partial charge in [-0.15, -0.1) is 0 Å². The second-order valence-corrected chi connectivity index (χ2v) is 5.75. The summed E-state index contributed by atoms with van der Waals surface area (Å²) < 4.78 is 12.1. The van der Waals surface area contributed by atoms with Crippen LogP contribution in [-0.2, 0) is 7.05 Å². The predicted octanol–water partition coefficient (Wildman–Crippen LogP) is 3.17. The Bertz CT molecular complexity index is 936. The second-order valence-electron chi connectivity index (χ2n) is 5.75. The number of fused-ring (bicyclic) bond motifs is 1. The lowest BCUT2D eigenvalue weighted by atomic mass is 10.2. The molecule has 3 rings (SSSR count). The Hall–Kier alpha value is -3.02. The summed E-state index contributed by atoms with van der Waals surface area (Å²) in [5, 5.41) is 2.80. The lowest BCUT2D eigenvalue weighted by Crippen LogP contribution is -2.12. The second kappa shape index (κ2) is 6.23. The van der Waals surface area contributed by atoms with Crippen molar-refractivity contribution >= 4 is 22.7 Å². The van der Waals surface area contributed by atoms with Crippen LogP contribution in [0.2, 0.25) is 0 Å². The molecule has 0 bridgehead atoms. The number of carbonyl (C=O) groups is 1. The van der Waals surface area contributed by atoms with E-state index in [1.54, 1.807) is 49.5 Å². The van der Waals surface area contributed by atoms with E-state index in [4.69, 9.17) is 9.15 Å². The highest BCUT2D eigenvalue weighted by Crippen LogP contribution is 2.19. The van der Waals surface area contributed by atoms with Crippen LogP contribution in [0, 0.1) is 0 Å². The maximum atomic E-state index is 12.3. The van der Waals surface area contributed by atoms with Gasteiger partial charge in [0.15, 0.2) is 5.58 Å². The number of carbonyl (C=O) groups excluding carboxylic acids is 1. The minimum Gasteiger partial charge on any atom is -0.491 e. The summed E-state index contributed by atoms with van der Waals surface area (Å²) in [5.74, 6) is 0.0136. The first kappa shape index (κ1) is 15.9. The Balaban J connectivity index is 1.78. The number of hydrogen-bond acceptors (Lipinski definition) is 4. The molecule has 0 fully saturated rings. The third-order valence-electron chi connectivity index (χ3n) is 3.54. The number of aromatic nitrogens is 1. The molecule has 1 heterocycles. The molecule has 24 heavy (non-hydrogen) atoms. The Labute approximate surface area is 138 Å². The Morgan fingerprint density at radius 3 is 2.54 bits per heavy atom. The molecule has 2 aromatic carbocycles. The zero-order valence-corrected chi connectivity index (χ0v) is 13.7. The summed E-state index contributed by atoms with van der Waals surface area (Å²) in [4.78, 5) is 23.8. The molecule has 0 aliphatic rings. The van der Waals surface area contributed by atoms with E-state index in [0.717, 1.165) is 5.75 Å². The van der Waals surface area contributed by atoms with Gasteiger partial charge in [0.2, 0.25) is 0 Å². The van der Waals surface area contributed by atoms with Gasteiger partial charge in [0, 0.05) is 18.3 Å². The van der Waals surface area contributed by atoms with Crippen LogP contribution in [0.3, 0.4) is 0 Å². The number of rotatable bonds is 4. The fraction of sp³-hybridized carbons (Fsp3) is 0.222. The van der Waals surface area contributed by atoms with Gasteiger partial charge in [-0.2, -0.15) is 0 Å². The van der Waals surface area contributed by atoms with Crippen molar-refractivity contribution in [2.24, 2.45) is 7.05 Å². The van der Waals surface area contributed by atoms with Crippen molar-refractivity contribution in [2.75, 3.05) is 5.32 Å². The smallest absolute Gasteiger partial charge is 0.419 e. The van der Waals surface area contributed by atoms with Crippen LogP contribution in [0.4, 0.5) is 5.69 Å². The monoisotopic (exact) mass is 326 g/mol. The van der Waals surface area contributed by atoms with Crippen molar-refractivity contribution in [2.45, 2.75) is 20.0 Å². The molecular weight excluding hydrogens is 308 g/mol. The number of hydrogen-bond donors (Lipinski definition) is 1. The first-order valence-corrected chi connectivity index (χ1v) is 7.61. The van der Waals surface area contributed by atoms with Gasteiger partial charge in [0.1, 0.15) is 5.75 Å². The third-order valence-corrected chi connectivity index (χ3v) is 3.54. The first-order valence-electron chi connectivity index (χ1n) is 7.61. The van der Waals surface area contributed by atoms with Gasteiger partial charge in [0.25, 0.3) is 5.91 Å². The molecule has 0 saturated heterocycles. The topological polar surface area (TPSA) is 73.5 Å². The summed E-state index contributed by atoms with van der Waals surface area (Å²) in [5.41, 5.74) is 2.10. The van der Waals surface area contributed by atoms with Crippen LogP contribution in [0.25, 0.3) is 11.1 Å². The molecule has 6 heteroatoms. The standard InChI is InChI=1S/C18H18N2O4/c1-11(2)23-14-7-5-13(6-8-14)19-17(21)12-4-9-15-16(10-12)24-18(22)20(15)3/h4-11H,1-3H3,(H,19,21). The van der Waals surface area contributed by atoms with Crippen molar-refractivity contribution in [3.05, 3.63) is 58.6 Å². The van der Waals surface area contributed by atoms with Crippen LogP contribution in [0.5, 0.6) is 5.75 Å². The number of amides is 1. The van der Waals surface area contributed by atoms with Crippen molar-refractivity contribution in [3.8, 4) is 5.75 Å². The van der Waals surface area contributed by atoms with E-state index in [0.29, 0.717) is 22.4 Å². The summed E-state index contributed by atoms with van der Waals surface area (Å²) in [6.07, 6.45) is 0.0951. The van der Waals surface area contributed by atoms with Crippen LogP contribution in [0.1, 0.15) is 24.2 Å². The largest absolute Gasteiger partial charge is 0.491 e. The van der Waals surface area contributed by atoms with Crippen LogP contribution >= 0.6 is 0 Å². The van der Waals surface area contributed by atoms with Gasteiger partial charge in [-0.1, -0.05) is 0 Å². The highest BCUT2D eigenvalue weighted by molar-refractivity contribution is 6.05. The maximum Gasteiger partial charge on any atom is 0.419 e. The summed E-state index contributed by atoms with van der Waals surface area (Å²) in [6, 6.07) is 12.1. The summed E-state index contributed by atoms with van der Waals surface area (Å²) >= 11 is 0. The molecule has 6 nitrogen and oxygen atoms in total. The number of nitrogens with one attached hydrogen (secondary N) is 1. The lowest BCUT2D eigenvalue weighted by Gasteiger charge is -2.10. The maximum absolute atomic E-state index is 12.3. The van der Waals surface area contributed by atoms with Crippen LogP contribution in [-0.4, -0.2) is 16.6 Å². The number of nitrogens with zero attached hydrogens (tertiary/aromatic N) is 1. The van der Waals surface area contributed by atoms with Crippen molar-refractivity contribution in [3.63, 3.8) is 0 Å². The van der Waals surface area contributed by atoms with Crippen LogP contribution < -0.4 is 15.8 Å². The van der Waals surface area contributed by atoms with E-state index in [9.17, 15) is 9.59 Å². The van der Waals surface area contributed by atoms with Gasteiger partial charge in [0.05, 0.1) is 11.6 Å². The van der Waals surface area contributed by atoms with Gasteiger partial charge in [-0.25, -0.2) is 4.79 Å². The van der Waals surface area contributed by atoms with Crippen LogP contribution in [0.15, 0.2) is 51.7 Å². The van der Waals surface area contributed by atoms with E-state index in [1.165, 1.54) is 4.57 Å². The zero-order valence-electron chi connectivity index (χ0n) is 13.7. The number of benzene rings is 2. The summed E-state index contributed by atoms with van der Waals surface area (Å²) in [6.45, 7) is 3.90. The van der Waals surface area contributed by atoms with E-state index < -0.39 is 5.76 Å². The average Bonchev–Trinajstić information content (AvgIpc) is 2.83. The van der Waals surface area contributed by atoms with Crippen molar-refractivity contribution in [1.82, 2.24) is 4.57 Å². The number of aryl methyl sites for hydroxylation is 1. The highest BCUT2D eigenvalue weighted by Gasteiger charge is 2.11. The number of oxazole rings is 1. The molecule has 1 amide bonds. The van der Waals surface area contributed by atoms with Gasteiger partial charge in [-0.3, -0.25) is 9.36 Å². The fourth-order valence-corrected chi connectivity index (χ4v) is 2.37. The predicted molar refractivity (Wildman–Crippen MR) is 91.6 cm³/mol. The molecule has 3 aromatic rings. The molecule has 1 aromatic heterocycles. The molecule has 0 saturated carbocycles.